The van der Waals surface area contributed by atoms with Gasteiger partial charge in [-0.05, 0) is 53.2 Å². The van der Waals surface area contributed by atoms with E-state index in [2.05, 4.69) is 70.4 Å². The van der Waals surface area contributed by atoms with Crippen LogP contribution in [0.25, 0.3) is 0 Å². The summed E-state index contributed by atoms with van der Waals surface area (Å²) in [4.78, 5) is 0. The first kappa shape index (κ1) is 13.5. The smallest absolute Gasteiger partial charge is 0.0662 e. The van der Waals surface area contributed by atoms with E-state index in [4.69, 9.17) is 0 Å². The summed E-state index contributed by atoms with van der Waals surface area (Å²) in [5.74, 6) is 0. The highest BCUT2D eigenvalue weighted by Gasteiger charge is 2.03. The Kier molecular flexibility index (Phi) is 5.19. The molecule has 0 saturated heterocycles. The molecule has 1 heterocycles. The van der Waals surface area contributed by atoms with Crippen molar-refractivity contribution in [3.05, 3.63) is 51.4 Å². The number of hydrogen-bond donors (Lipinski definition) is 1. The molecule has 0 unspecified atom stereocenters. The molecule has 0 saturated carbocycles. The lowest BCUT2D eigenvalue weighted by molar-refractivity contribution is 0.670. The van der Waals surface area contributed by atoms with Crippen LogP contribution in [0.15, 0.2) is 36.7 Å². The number of likely N-dealkylation sites (N-methyl/N-ethyl adjacent to an activating group) is 1. The van der Waals surface area contributed by atoms with Crippen LogP contribution in [0.1, 0.15) is 18.1 Å². The van der Waals surface area contributed by atoms with E-state index in [1.165, 1.54) is 14.7 Å². The number of nitrogens with one attached hydrogen (secondary N) is 1. The van der Waals surface area contributed by atoms with Crippen molar-refractivity contribution in [3.8, 4) is 0 Å². The fraction of sp³-hybridized carbons (Fsp3) is 0.357. The van der Waals surface area contributed by atoms with Gasteiger partial charge in [0.15, 0.2) is 0 Å². The highest BCUT2D eigenvalue weighted by molar-refractivity contribution is 14.1. The normalized spacial score (nSPS) is 10.8. The van der Waals surface area contributed by atoms with E-state index in [1.54, 1.807) is 0 Å². The molecule has 1 aromatic carbocycles. The van der Waals surface area contributed by atoms with Crippen molar-refractivity contribution in [1.29, 1.82) is 0 Å². The van der Waals surface area contributed by atoms with Crippen LogP contribution in [0, 0.1) is 3.57 Å². The Morgan fingerprint density at radius 3 is 2.72 bits per heavy atom. The maximum Gasteiger partial charge on any atom is 0.0662 e. The Bertz CT molecular complexity index is 493. The second kappa shape index (κ2) is 6.89. The van der Waals surface area contributed by atoms with Gasteiger partial charge >= 0.3 is 0 Å². The molecule has 0 amide bonds. The van der Waals surface area contributed by atoms with Crippen LogP contribution in [-0.4, -0.2) is 22.9 Å². The van der Waals surface area contributed by atoms with Crippen molar-refractivity contribution in [1.82, 2.24) is 15.1 Å². The van der Waals surface area contributed by atoms with Crippen molar-refractivity contribution in [3.63, 3.8) is 0 Å². The lowest BCUT2D eigenvalue weighted by Gasteiger charge is -2.09. The van der Waals surface area contributed by atoms with Gasteiger partial charge in [0, 0.05) is 6.20 Å². The zero-order valence-electron chi connectivity index (χ0n) is 10.6. The summed E-state index contributed by atoms with van der Waals surface area (Å²) in [6, 6.07) is 8.61. The minimum atomic E-state index is 0.852. The van der Waals surface area contributed by atoms with E-state index in [0.717, 1.165) is 26.1 Å². The molecule has 2 rings (SSSR count). The van der Waals surface area contributed by atoms with Crippen LogP contribution in [0.2, 0.25) is 0 Å². The van der Waals surface area contributed by atoms with Gasteiger partial charge in [0.05, 0.1) is 16.3 Å². The number of aromatic nitrogens is 2. The minimum Gasteiger partial charge on any atom is -0.317 e. The zero-order valence-corrected chi connectivity index (χ0v) is 12.7. The zero-order chi connectivity index (χ0) is 12.8. The van der Waals surface area contributed by atoms with Crippen LogP contribution < -0.4 is 5.32 Å². The predicted octanol–water partition coefficient (Wildman–Crippen LogP) is 2.69. The summed E-state index contributed by atoms with van der Waals surface area (Å²) < 4.78 is 3.17. The maximum atomic E-state index is 4.34. The second-order valence-electron chi connectivity index (χ2n) is 4.23. The van der Waals surface area contributed by atoms with E-state index >= 15 is 0 Å². The Balaban J connectivity index is 2.07. The molecule has 2 aromatic rings. The number of rotatable bonds is 6. The van der Waals surface area contributed by atoms with Crippen LogP contribution in [0.5, 0.6) is 0 Å². The van der Waals surface area contributed by atoms with Crippen LogP contribution in [0.3, 0.4) is 0 Å². The van der Waals surface area contributed by atoms with E-state index in [1.807, 2.05) is 10.9 Å². The first-order valence-corrected chi connectivity index (χ1v) is 7.33. The van der Waals surface area contributed by atoms with E-state index in [-0.39, 0.29) is 0 Å². The number of benzene rings is 1. The maximum absolute atomic E-state index is 4.34. The molecule has 0 bridgehead atoms. The number of nitrogens with zero attached hydrogens (tertiary/aromatic N) is 2. The average molecular weight is 355 g/mol. The van der Waals surface area contributed by atoms with E-state index in [9.17, 15) is 0 Å². The SMILES string of the molecule is CCNCCc1ccccc1Cn1cc(I)cn1. The molecule has 4 heteroatoms. The number of halogens is 1. The molecule has 0 aliphatic carbocycles. The van der Waals surface area contributed by atoms with Crippen LogP contribution in [0.4, 0.5) is 0 Å². The third kappa shape index (κ3) is 3.81. The number of hydrogen-bond acceptors (Lipinski definition) is 2. The highest BCUT2D eigenvalue weighted by Crippen LogP contribution is 2.12. The Morgan fingerprint density at radius 2 is 2.06 bits per heavy atom. The second-order valence-corrected chi connectivity index (χ2v) is 5.47. The predicted molar refractivity (Wildman–Crippen MR) is 82.7 cm³/mol. The molecule has 0 radical (unpaired) electrons. The van der Waals surface area contributed by atoms with Gasteiger partial charge in [0.1, 0.15) is 0 Å². The quantitative estimate of drug-likeness (QED) is 0.638. The molecule has 0 atom stereocenters. The van der Waals surface area contributed by atoms with Crippen molar-refractivity contribution >= 4 is 22.6 Å². The summed E-state index contributed by atoms with van der Waals surface area (Å²) in [6.07, 6.45) is 5.03. The summed E-state index contributed by atoms with van der Waals surface area (Å²) >= 11 is 2.29. The Morgan fingerprint density at radius 1 is 1.28 bits per heavy atom. The van der Waals surface area contributed by atoms with E-state index < -0.39 is 0 Å². The standard InChI is InChI=1S/C14H18IN3/c1-2-16-8-7-12-5-3-4-6-13(12)10-18-11-14(15)9-17-18/h3-6,9,11,16H,2,7-8,10H2,1H3. The van der Waals surface area contributed by atoms with Gasteiger partial charge in [0.25, 0.3) is 0 Å². The lowest BCUT2D eigenvalue weighted by atomic mass is 10.0. The van der Waals surface area contributed by atoms with Crippen molar-refractivity contribution in [2.45, 2.75) is 19.9 Å². The van der Waals surface area contributed by atoms with Gasteiger partial charge in [-0.3, -0.25) is 4.68 Å². The molecule has 1 aromatic heterocycles. The first-order chi connectivity index (χ1) is 8.79. The third-order valence-corrected chi connectivity index (χ3v) is 3.43. The summed E-state index contributed by atoms with van der Waals surface area (Å²) in [6.45, 7) is 5.05. The van der Waals surface area contributed by atoms with Gasteiger partial charge in [-0.2, -0.15) is 5.10 Å². The minimum absolute atomic E-state index is 0.852. The fourth-order valence-corrected chi connectivity index (χ4v) is 2.40. The molecule has 0 aliphatic rings. The molecule has 0 spiro atoms. The summed E-state index contributed by atoms with van der Waals surface area (Å²) in [5.41, 5.74) is 2.76. The summed E-state index contributed by atoms with van der Waals surface area (Å²) in [7, 11) is 0. The molecule has 0 fully saturated rings. The highest BCUT2D eigenvalue weighted by atomic mass is 127. The molecule has 96 valence electrons. The van der Waals surface area contributed by atoms with Crippen molar-refractivity contribution < 1.29 is 0 Å². The monoisotopic (exact) mass is 355 g/mol. The van der Waals surface area contributed by atoms with Gasteiger partial charge in [-0.15, -0.1) is 0 Å². The molecular formula is C14H18IN3. The average Bonchev–Trinajstić information content (AvgIpc) is 2.77. The van der Waals surface area contributed by atoms with Crippen molar-refractivity contribution in [2.75, 3.05) is 13.1 Å². The molecule has 1 N–H and O–H groups in total. The van der Waals surface area contributed by atoms with Gasteiger partial charge in [0.2, 0.25) is 0 Å². The largest absolute Gasteiger partial charge is 0.317 e. The fourth-order valence-electron chi connectivity index (χ4n) is 1.95. The molecule has 3 nitrogen and oxygen atoms in total. The lowest BCUT2D eigenvalue weighted by Crippen LogP contribution is -2.17. The van der Waals surface area contributed by atoms with Gasteiger partial charge in [-0.1, -0.05) is 31.2 Å². The van der Waals surface area contributed by atoms with Crippen molar-refractivity contribution in [2.24, 2.45) is 0 Å². The molecule has 18 heavy (non-hydrogen) atoms. The van der Waals surface area contributed by atoms with Crippen LogP contribution >= 0.6 is 22.6 Å². The summed E-state index contributed by atoms with van der Waals surface area (Å²) in [5, 5.41) is 7.71. The van der Waals surface area contributed by atoms with Gasteiger partial charge in [-0.25, -0.2) is 0 Å². The Hall–Kier alpha value is -0.880. The van der Waals surface area contributed by atoms with Crippen LogP contribution in [-0.2, 0) is 13.0 Å². The molecule has 0 aliphatic heterocycles. The van der Waals surface area contributed by atoms with E-state index in [0.29, 0.717) is 0 Å². The topological polar surface area (TPSA) is 29.9 Å². The first-order valence-electron chi connectivity index (χ1n) is 6.25. The third-order valence-electron chi connectivity index (χ3n) is 2.87. The van der Waals surface area contributed by atoms with Gasteiger partial charge < -0.3 is 5.32 Å². The Labute approximate surface area is 122 Å². The molecular weight excluding hydrogens is 337 g/mol.